The normalized spacial score (nSPS) is 11.8. The lowest BCUT2D eigenvalue weighted by molar-refractivity contribution is -0.121. The minimum atomic E-state index is -0.458. The van der Waals surface area contributed by atoms with E-state index in [0.717, 1.165) is 0 Å². The van der Waals surface area contributed by atoms with E-state index in [2.05, 4.69) is 10.6 Å². The summed E-state index contributed by atoms with van der Waals surface area (Å²) in [6.45, 7) is 4.13. The van der Waals surface area contributed by atoms with Gasteiger partial charge in [0.25, 0.3) is 0 Å². The van der Waals surface area contributed by atoms with E-state index in [0.29, 0.717) is 12.2 Å². The Kier molecular flexibility index (Phi) is 4.75. The molecule has 17 heavy (non-hydrogen) atoms. The zero-order valence-electron chi connectivity index (χ0n) is 10.2. The molecule has 1 aromatic rings. The monoisotopic (exact) mass is 240 g/mol. The van der Waals surface area contributed by atoms with Crippen LogP contribution in [0.5, 0.6) is 5.75 Å². The summed E-state index contributed by atoms with van der Waals surface area (Å²) in [5, 5.41) is 5.59. The van der Waals surface area contributed by atoms with E-state index >= 15 is 0 Å². The van der Waals surface area contributed by atoms with Crippen LogP contribution in [0, 0.1) is 5.82 Å². The second kappa shape index (κ2) is 6.08. The highest BCUT2D eigenvalue weighted by atomic mass is 19.1. The van der Waals surface area contributed by atoms with Crippen LogP contribution < -0.4 is 15.4 Å². The SMILES string of the molecule is CCNC(=O)C(C)Nc1ccc(OC)c(F)c1. The molecule has 0 heterocycles. The van der Waals surface area contributed by atoms with Gasteiger partial charge in [-0.25, -0.2) is 4.39 Å². The summed E-state index contributed by atoms with van der Waals surface area (Å²) in [6, 6.07) is 4.07. The highest BCUT2D eigenvalue weighted by Crippen LogP contribution is 2.20. The Labute approximate surface area is 100 Å². The van der Waals surface area contributed by atoms with Crippen molar-refractivity contribution in [1.29, 1.82) is 0 Å². The van der Waals surface area contributed by atoms with E-state index in [9.17, 15) is 9.18 Å². The molecule has 4 nitrogen and oxygen atoms in total. The number of carbonyl (C=O) groups is 1. The molecule has 0 saturated carbocycles. The zero-order chi connectivity index (χ0) is 12.8. The summed E-state index contributed by atoms with van der Waals surface area (Å²) >= 11 is 0. The van der Waals surface area contributed by atoms with Crippen molar-refractivity contribution in [3.8, 4) is 5.75 Å². The standard InChI is InChI=1S/C12H17FN2O2/c1-4-14-12(16)8(2)15-9-5-6-11(17-3)10(13)7-9/h5-8,15H,4H2,1-3H3,(H,14,16). The molecular weight excluding hydrogens is 223 g/mol. The molecule has 1 aromatic carbocycles. The fourth-order valence-electron chi connectivity index (χ4n) is 1.40. The topological polar surface area (TPSA) is 50.4 Å². The Morgan fingerprint density at radius 1 is 1.53 bits per heavy atom. The molecule has 1 unspecified atom stereocenters. The van der Waals surface area contributed by atoms with Crippen LogP contribution in [0.1, 0.15) is 13.8 Å². The molecule has 0 saturated heterocycles. The minimum Gasteiger partial charge on any atom is -0.494 e. The quantitative estimate of drug-likeness (QED) is 0.824. The van der Waals surface area contributed by atoms with Gasteiger partial charge in [-0.15, -0.1) is 0 Å². The third kappa shape index (κ3) is 3.62. The van der Waals surface area contributed by atoms with Gasteiger partial charge in [-0.2, -0.15) is 0 Å². The highest BCUT2D eigenvalue weighted by molar-refractivity contribution is 5.84. The lowest BCUT2D eigenvalue weighted by Crippen LogP contribution is -2.37. The van der Waals surface area contributed by atoms with Gasteiger partial charge in [0.1, 0.15) is 6.04 Å². The summed E-state index contributed by atoms with van der Waals surface area (Å²) < 4.78 is 18.2. The number of carbonyl (C=O) groups excluding carboxylic acids is 1. The van der Waals surface area contributed by atoms with Crippen molar-refractivity contribution in [3.05, 3.63) is 24.0 Å². The van der Waals surface area contributed by atoms with Crippen molar-refractivity contribution >= 4 is 11.6 Å². The van der Waals surface area contributed by atoms with Crippen LogP contribution in [0.2, 0.25) is 0 Å². The number of hydrogen-bond donors (Lipinski definition) is 2. The number of rotatable bonds is 5. The summed E-state index contributed by atoms with van der Waals surface area (Å²) in [7, 11) is 1.41. The van der Waals surface area contributed by atoms with Gasteiger partial charge in [0.05, 0.1) is 7.11 Å². The summed E-state index contributed by atoms with van der Waals surface area (Å²) in [6.07, 6.45) is 0. The molecule has 1 rings (SSSR count). The first-order chi connectivity index (χ1) is 8.08. The van der Waals surface area contributed by atoms with E-state index in [1.165, 1.54) is 19.2 Å². The van der Waals surface area contributed by atoms with Crippen LogP contribution in [0.4, 0.5) is 10.1 Å². The summed E-state index contributed by atoms with van der Waals surface area (Å²) in [4.78, 5) is 11.5. The number of benzene rings is 1. The van der Waals surface area contributed by atoms with Crippen LogP contribution in [0.25, 0.3) is 0 Å². The molecule has 1 atom stereocenters. The number of likely N-dealkylation sites (N-methyl/N-ethyl adjacent to an activating group) is 1. The van der Waals surface area contributed by atoms with Crippen LogP contribution in [-0.2, 0) is 4.79 Å². The molecule has 0 radical (unpaired) electrons. The third-order valence-electron chi connectivity index (χ3n) is 2.28. The largest absolute Gasteiger partial charge is 0.494 e. The summed E-state index contributed by atoms with van der Waals surface area (Å²) in [5.41, 5.74) is 0.544. The molecule has 1 amide bonds. The molecule has 5 heteroatoms. The van der Waals surface area contributed by atoms with Crippen molar-refractivity contribution < 1.29 is 13.9 Å². The smallest absolute Gasteiger partial charge is 0.242 e. The fourth-order valence-corrected chi connectivity index (χ4v) is 1.40. The van der Waals surface area contributed by atoms with E-state index in [1.54, 1.807) is 13.0 Å². The van der Waals surface area contributed by atoms with E-state index in [-0.39, 0.29) is 11.7 Å². The maximum absolute atomic E-state index is 13.4. The van der Waals surface area contributed by atoms with Crippen molar-refractivity contribution in [2.45, 2.75) is 19.9 Å². The van der Waals surface area contributed by atoms with Crippen LogP contribution in [0.15, 0.2) is 18.2 Å². The van der Waals surface area contributed by atoms with Gasteiger partial charge in [0.2, 0.25) is 5.91 Å². The second-order valence-corrected chi connectivity index (χ2v) is 3.61. The van der Waals surface area contributed by atoms with Crippen molar-refractivity contribution in [3.63, 3.8) is 0 Å². The lowest BCUT2D eigenvalue weighted by Gasteiger charge is -2.15. The molecule has 0 bridgehead atoms. The average molecular weight is 240 g/mol. The molecule has 0 spiro atoms. The van der Waals surface area contributed by atoms with Crippen molar-refractivity contribution in [1.82, 2.24) is 5.32 Å². The molecule has 0 aliphatic heterocycles. The first-order valence-corrected chi connectivity index (χ1v) is 5.46. The van der Waals surface area contributed by atoms with Gasteiger partial charge in [-0.05, 0) is 26.0 Å². The Morgan fingerprint density at radius 3 is 2.76 bits per heavy atom. The van der Waals surface area contributed by atoms with Crippen LogP contribution in [0.3, 0.4) is 0 Å². The number of amides is 1. The maximum Gasteiger partial charge on any atom is 0.242 e. The molecule has 94 valence electrons. The highest BCUT2D eigenvalue weighted by Gasteiger charge is 2.12. The number of methoxy groups -OCH3 is 1. The zero-order valence-corrected chi connectivity index (χ0v) is 10.2. The van der Waals surface area contributed by atoms with Gasteiger partial charge in [-0.1, -0.05) is 0 Å². The predicted octanol–water partition coefficient (Wildman–Crippen LogP) is 1.77. The van der Waals surface area contributed by atoms with Gasteiger partial charge in [0, 0.05) is 18.3 Å². The van der Waals surface area contributed by atoms with E-state index in [1.807, 2.05) is 6.92 Å². The molecule has 2 N–H and O–H groups in total. The minimum absolute atomic E-state index is 0.122. The number of ether oxygens (including phenoxy) is 1. The average Bonchev–Trinajstić information content (AvgIpc) is 2.29. The molecular formula is C12H17FN2O2. The number of hydrogen-bond acceptors (Lipinski definition) is 3. The first kappa shape index (κ1) is 13.3. The second-order valence-electron chi connectivity index (χ2n) is 3.61. The fraction of sp³-hybridized carbons (Fsp3) is 0.417. The summed E-state index contributed by atoms with van der Waals surface area (Å²) in [5.74, 6) is -0.398. The van der Waals surface area contributed by atoms with E-state index < -0.39 is 11.9 Å². The lowest BCUT2D eigenvalue weighted by atomic mass is 10.2. The van der Waals surface area contributed by atoms with Crippen LogP contribution >= 0.6 is 0 Å². The molecule has 0 aliphatic rings. The molecule has 0 aliphatic carbocycles. The van der Waals surface area contributed by atoms with Crippen molar-refractivity contribution in [2.24, 2.45) is 0 Å². The molecule has 0 aromatic heterocycles. The van der Waals surface area contributed by atoms with E-state index in [4.69, 9.17) is 4.74 Å². The maximum atomic E-state index is 13.4. The number of nitrogens with one attached hydrogen (secondary N) is 2. The predicted molar refractivity (Wildman–Crippen MR) is 64.7 cm³/mol. The Balaban J connectivity index is 2.68. The van der Waals surface area contributed by atoms with Crippen molar-refractivity contribution in [2.75, 3.05) is 19.0 Å². The van der Waals surface area contributed by atoms with Gasteiger partial charge in [0.15, 0.2) is 11.6 Å². The number of anilines is 1. The van der Waals surface area contributed by atoms with Gasteiger partial charge < -0.3 is 15.4 Å². The third-order valence-corrected chi connectivity index (χ3v) is 2.28. The van der Waals surface area contributed by atoms with Crippen LogP contribution in [-0.4, -0.2) is 25.6 Å². The Hall–Kier alpha value is -1.78. The van der Waals surface area contributed by atoms with Gasteiger partial charge >= 0.3 is 0 Å². The Morgan fingerprint density at radius 2 is 2.24 bits per heavy atom. The number of halogens is 1. The Bertz CT molecular complexity index is 396. The first-order valence-electron chi connectivity index (χ1n) is 5.46. The molecule has 0 fully saturated rings. The van der Waals surface area contributed by atoms with Gasteiger partial charge in [-0.3, -0.25) is 4.79 Å².